The monoisotopic (exact) mass is 258 g/mol. The fourth-order valence-electron chi connectivity index (χ4n) is 1.52. The van der Waals surface area contributed by atoms with Gasteiger partial charge in [-0.1, -0.05) is 32.9 Å². The highest BCUT2D eigenvalue weighted by molar-refractivity contribution is 8.00. The molecule has 1 aromatic heterocycles. The Morgan fingerprint density at radius 3 is 2.06 bits per heavy atom. The highest BCUT2D eigenvalue weighted by Crippen LogP contribution is 2.29. The third kappa shape index (κ3) is 3.33. The standard InChI is InChI=1S/C15H18N2S/c1-11(2)12(3)18-15-6-4-13(5-7-15)14-8-16-10-17-9-14/h4-12H,1-3H3/t12-/m0/s1. The van der Waals surface area contributed by atoms with E-state index in [4.69, 9.17) is 0 Å². The van der Waals surface area contributed by atoms with Gasteiger partial charge in [0.25, 0.3) is 0 Å². The lowest BCUT2D eigenvalue weighted by molar-refractivity contribution is 0.642. The number of aromatic nitrogens is 2. The predicted molar refractivity (Wildman–Crippen MR) is 77.6 cm³/mol. The first-order valence-corrected chi connectivity index (χ1v) is 7.07. The molecule has 1 atom stereocenters. The molecule has 0 amide bonds. The van der Waals surface area contributed by atoms with Crippen molar-refractivity contribution >= 4 is 11.8 Å². The smallest absolute Gasteiger partial charge is 0.115 e. The second-order valence-electron chi connectivity index (χ2n) is 4.72. The van der Waals surface area contributed by atoms with Crippen LogP contribution >= 0.6 is 11.8 Å². The quantitative estimate of drug-likeness (QED) is 0.765. The number of hydrogen-bond acceptors (Lipinski definition) is 3. The van der Waals surface area contributed by atoms with Crippen molar-refractivity contribution in [1.29, 1.82) is 0 Å². The van der Waals surface area contributed by atoms with Crippen molar-refractivity contribution in [2.24, 2.45) is 5.92 Å². The van der Waals surface area contributed by atoms with Crippen molar-refractivity contribution in [2.75, 3.05) is 0 Å². The zero-order valence-corrected chi connectivity index (χ0v) is 11.8. The molecule has 0 unspecified atom stereocenters. The van der Waals surface area contributed by atoms with Gasteiger partial charge in [-0.25, -0.2) is 9.97 Å². The molecule has 94 valence electrons. The molecule has 0 radical (unpaired) electrons. The summed E-state index contributed by atoms with van der Waals surface area (Å²) in [7, 11) is 0. The van der Waals surface area contributed by atoms with Gasteiger partial charge >= 0.3 is 0 Å². The van der Waals surface area contributed by atoms with Crippen LogP contribution in [0.15, 0.2) is 47.9 Å². The van der Waals surface area contributed by atoms with Crippen LogP contribution in [-0.4, -0.2) is 15.2 Å². The van der Waals surface area contributed by atoms with E-state index < -0.39 is 0 Å². The third-order valence-corrected chi connectivity index (χ3v) is 4.47. The molecule has 0 fully saturated rings. The van der Waals surface area contributed by atoms with E-state index in [2.05, 4.69) is 55.0 Å². The molecular weight excluding hydrogens is 240 g/mol. The zero-order chi connectivity index (χ0) is 13.0. The van der Waals surface area contributed by atoms with E-state index in [1.807, 2.05) is 24.2 Å². The van der Waals surface area contributed by atoms with Gasteiger partial charge in [-0.05, 0) is 23.6 Å². The molecule has 0 aliphatic carbocycles. The summed E-state index contributed by atoms with van der Waals surface area (Å²) in [6, 6.07) is 8.61. The average Bonchev–Trinajstić information content (AvgIpc) is 2.40. The Labute approximate surface area is 113 Å². The Balaban J connectivity index is 2.11. The number of nitrogens with zero attached hydrogens (tertiary/aromatic N) is 2. The van der Waals surface area contributed by atoms with E-state index in [1.165, 1.54) is 4.90 Å². The molecule has 0 saturated carbocycles. The lowest BCUT2D eigenvalue weighted by Crippen LogP contribution is -2.04. The molecule has 3 heteroatoms. The lowest BCUT2D eigenvalue weighted by Gasteiger charge is -2.14. The van der Waals surface area contributed by atoms with E-state index in [1.54, 1.807) is 6.33 Å². The van der Waals surface area contributed by atoms with Gasteiger partial charge in [0.05, 0.1) is 0 Å². The summed E-state index contributed by atoms with van der Waals surface area (Å²) in [6.45, 7) is 6.79. The number of benzene rings is 1. The molecule has 0 saturated heterocycles. The number of rotatable bonds is 4. The fraction of sp³-hybridized carbons (Fsp3) is 0.333. The maximum Gasteiger partial charge on any atom is 0.115 e. The van der Waals surface area contributed by atoms with E-state index in [-0.39, 0.29) is 0 Å². The van der Waals surface area contributed by atoms with Gasteiger partial charge in [0, 0.05) is 28.1 Å². The maximum absolute atomic E-state index is 4.04. The van der Waals surface area contributed by atoms with Crippen LogP contribution < -0.4 is 0 Å². The van der Waals surface area contributed by atoms with Crippen LogP contribution in [0.5, 0.6) is 0 Å². The van der Waals surface area contributed by atoms with E-state index in [0.717, 1.165) is 11.1 Å². The Morgan fingerprint density at radius 1 is 0.889 bits per heavy atom. The van der Waals surface area contributed by atoms with Gasteiger partial charge in [-0.3, -0.25) is 0 Å². The summed E-state index contributed by atoms with van der Waals surface area (Å²) >= 11 is 1.92. The highest BCUT2D eigenvalue weighted by atomic mass is 32.2. The summed E-state index contributed by atoms with van der Waals surface area (Å²) in [4.78, 5) is 9.39. The minimum absolute atomic E-state index is 0.635. The normalized spacial score (nSPS) is 12.7. The first-order valence-electron chi connectivity index (χ1n) is 6.19. The Kier molecular flexibility index (Phi) is 4.37. The van der Waals surface area contributed by atoms with E-state index in [9.17, 15) is 0 Å². The maximum atomic E-state index is 4.04. The van der Waals surface area contributed by atoms with Crippen molar-refractivity contribution in [3.8, 4) is 11.1 Å². The van der Waals surface area contributed by atoms with Crippen LogP contribution in [0, 0.1) is 5.92 Å². The van der Waals surface area contributed by atoms with Crippen LogP contribution in [0.3, 0.4) is 0 Å². The molecule has 2 nitrogen and oxygen atoms in total. The van der Waals surface area contributed by atoms with Crippen molar-refractivity contribution in [2.45, 2.75) is 30.9 Å². The second-order valence-corrected chi connectivity index (χ2v) is 6.17. The summed E-state index contributed by atoms with van der Waals surface area (Å²) in [6.07, 6.45) is 5.23. The van der Waals surface area contributed by atoms with Gasteiger partial charge in [-0.15, -0.1) is 11.8 Å². The minimum Gasteiger partial charge on any atom is -0.244 e. The summed E-state index contributed by atoms with van der Waals surface area (Å²) in [5, 5.41) is 0.635. The molecular formula is C15H18N2S. The van der Waals surface area contributed by atoms with E-state index >= 15 is 0 Å². The molecule has 1 heterocycles. The fourth-order valence-corrected chi connectivity index (χ4v) is 2.52. The van der Waals surface area contributed by atoms with Crippen molar-refractivity contribution in [3.05, 3.63) is 43.0 Å². The van der Waals surface area contributed by atoms with Crippen LogP contribution in [0.25, 0.3) is 11.1 Å². The third-order valence-electron chi connectivity index (χ3n) is 3.01. The van der Waals surface area contributed by atoms with Gasteiger partial charge in [-0.2, -0.15) is 0 Å². The molecule has 0 bridgehead atoms. The zero-order valence-electron chi connectivity index (χ0n) is 11.0. The first kappa shape index (κ1) is 13.1. The molecule has 1 aromatic carbocycles. The molecule has 2 aromatic rings. The lowest BCUT2D eigenvalue weighted by atomic mass is 10.1. The van der Waals surface area contributed by atoms with Crippen LogP contribution in [0.4, 0.5) is 0 Å². The molecule has 0 spiro atoms. The minimum atomic E-state index is 0.635. The molecule has 18 heavy (non-hydrogen) atoms. The van der Waals surface area contributed by atoms with Crippen molar-refractivity contribution in [3.63, 3.8) is 0 Å². The van der Waals surface area contributed by atoms with Gasteiger partial charge in [0.2, 0.25) is 0 Å². The SMILES string of the molecule is CC(C)[C@H](C)Sc1ccc(-c2cncnc2)cc1. The summed E-state index contributed by atoms with van der Waals surface area (Å²) < 4.78 is 0. The van der Waals surface area contributed by atoms with Crippen LogP contribution in [0.1, 0.15) is 20.8 Å². The predicted octanol–water partition coefficient (Wildman–Crippen LogP) is 4.28. The summed E-state index contributed by atoms with van der Waals surface area (Å²) in [5.74, 6) is 0.692. The van der Waals surface area contributed by atoms with Crippen molar-refractivity contribution in [1.82, 2.24) is 9.97 Å². The Morgan fingerprint density at radius 2 is 1.50 bits per heavy atom. The van der Waals surface area contributed by atoms with E-state index in [0.29, 0.717) is 11.2 Å². The van der Waals surface area contributed by atoms with Gasteiger partial charge < -0.3 is 0 Å². The summed E-state index contributed by atoms with van der Waals surface area (Å²) in [5.41, 5.74) is 2.23. The Hall–Kier alpha value is -1.35. The highest BCUT2D eigenvalue weighted by Gasteiger charge is 2.08. The molecule has 0 aliphatic rings. The van der Waals surface area contributed by atoms with Crippen LogP contribution in [0.2, 0.25) is 0 Å². The van der Waals surface area contributed by atoms with Gasteiger partial charge in [0.15, 0.2) is 0 Å². The topological polar surface area (TPSA) is 25.8 Å². The van der Waals surface area contributed by atoms with Crippen LogP contribution in [-0.2, 0) is 0 Å². The van der Waals surface area contributed by atoms with Crippen molar-refractivity contribution < 1.29 is 0 Å². The molecule has 2 rings (SSSR count). The molecule has 0 N–H and O–H groups in total. The Bertz CT molecular complexity index is 480. The number of thioether (sulfide) groups is 1. The largest absolute Gasteiger partial charge is 0.244 e. The molecule has 0 aliphatic heterocycles. The number of hydrogen-bond donors (Lipinski definition) is 0. The average molecular weight is 258 g/mol. The second kappa shape index (κ2) is 6.01. The first-order chi connectivity index (χ1) is 8.66. The van der Waals surface area contributed by atoms with Gasteiger partial charge in [0.1, 0.15) is 6.33 Å².